The zero-order valence-corrected chi connectivity index (χ0v) is 10.2. The van der Waals surface area contributed by atoms with Gasteiger partial charge in [0.2, 0.25) is 0 Å². The number of nitrogens with one attached hydrogen (secondary N) is 1. The van der Waals surface area contributed by atoms with Crippen LogP contribution in [0.2, 0.25) is 0 Å². The lowest BCUT2D eigenvalue weighted by Gasteiger charge is -2.14. The maximum atomic E-state index is 4.56. The van der Waals surface area contributed by atoms with Gasteiger partial charge in [0.05, 0.1) is 6.54 Å². The van der Waals surface area contributed by atoms with Gasteiger partial charge in [-0.15, -0.1) is 0 Å². The zero-order valence-electron chi connectivity index (χ0n) is 9.34. The SMILES string of the molecule is CC(C)CC1CN=C(NC2(C)CC2)S1. The Labute approximate surface area is 90.9 Å². The summed E-state index contributed by atoms with van der Waals surface area (Å²) in [5, 5.41) is 5.46. The molecule has 2 nitrogen and oxygen atoms in total. The van der Waals surface area contributed by atoms with Gasteiger partial charge in [0.25, 0.3) is 0 Å². The third kappa shape index (κ3) is 2.66. The summed E-state index contributed by atoms with van der Waals surface area (Å²) in [4.78, 5) is 4.56. The van der Waals surface area contributed by atoms with Crippen LogP contribution in [0.4, 0.5) is 0 Å². The van der Waals surface area contributed by atoms with Gasteiger partial charge in [-0.3, -0.25) is 4.99 Å². The van der Waals surface area contributed by atoms with Crippen LogP contribution in [0.15, 0.2) is 4.99 Å². The van der Waals surface area contributed by atoms with Gasteiger partial charge >= 0.3 is 0 Å². The molecule has 0 aromatic heterocycles. The van der Waals surface area contributed by atoms with E-state index in [0.29, 0.717) is 5.54 Å². The van der Waals surface area contributed by atoms with Crippen molar-refractivity contribution in [2.45, 2.75) is 50.8 Å². The van der Waals surface area contributed by atoms with E-state index >= 15 is 0 Å². The maximum absolute atomic E-state index is 4.56. The molecular formula is C11H20N2S. The molecule has 1 atom stereocenters. The Morgan fingerprint density at radius 3 is 2.86 bits per heavy atom. The molecule has 2 aliphatic rings. The van der Waals surface area contributed by atoms with Crippen LogP contribution in [-0.2, 0) is 0 Å². The number of hydrogen-bond acceptors (Lipinski definition) is 3. The molecule has 0 radical (unpaired) electrons. The lowest BCUT2D eigenvalue weighted by atomic mass is 10.1. The van der Waals surface area contributed by atoms with Crippen LogP contribution in [0.1, 0.15) is 40.0 Å². The fourth-order valence-electron chi connectivity index (χ4n) is 1.71. The Morgan fingerprint density at radius 1 is 1.57 bits per heavy atom. The fourth-order valence-corrected chi connectivity index (χ4v) is 3.11. The van der Waals surface area contributed by atoms with Crippen molar-refractivity contribution in [1.29, 1.82) is 0 Å². The molecule has 1 aliphatic heterocycles. The first-order valence-electron chi connectivity index (χ1n) is 5.57. The van der Waals surface area contributed by atoms with E-state index in [9.17, 15) is 0 Å². The Bertz CT molecular complexity index is 244. The smallest absolute Gasteiger partial charge is 0.157 e. The minimum Gasteiger partial charge on any atom is -0.360 e. The summed E-state index contributed by atoms with van der Waals surface area (Å²) in [6, 6.07) is 0. The largest absolute Gasteiger partial charge is 0.360 e. The first-order valence-corrected chi connectivity index (χ1v) is 6.45. The first kappa shape index (κ1) is 10.3. The van der Waals surface area contributed by atoms with E-state index in [1.54, 1.807) is 0 Å². The van der Waals surface area contributed by atoms with Crippen molar-refractivity contribution in [2.75, 3.05) is 6.54 Å². The van der Waals surface area contributed by atoms with Crippen LogP contribution < -0.4 is 5.32 Å². The van der Waals surface area contributed by atoms with Crippen molar-refractivity contribution >= 4 is 16.9 Å². The molecule has 1 aliphatic carbocycles. The second-order valence-corrected chi connectivity index (χ2v) is 6.49. The van der Waals surface area contributed by atoms with E-state index in [2.05, 4.69) is 31.1 Å². The van der Waals surface area contributed by atoms with Crippen LogP contribution in [0.3, 0.4) is 0 Å². The molecule has 1 N–H and O–H groups in total. The van der Waals surface area contributed by atoms with Crippen LogP contribution in [0.5, 0.6) is 0 Å². The maximum Gasteiger partial charge on any atom is 0.157 e. The number of hydrogen-bond donors (Lipinski definition) is 1. The van der Waals surface area contributed by atoms with E-state index in [-0.39, 0.29) is 0 Å². The van der Waals surface area contributed by atoms with Crippen molar-refractivity contribution in [3.8, 4) is 0 Å². The number of amidine groups is 1. The quantitative estimate of drug-likeness (QED) is 0.778. The molecule has 0 aromatic rings. The number of rotatable bonds is 3. The molecule has 0 bridgehead atoms. The lowest BCUT2D eigenvalue weighted by molar-refractivity contribution is 0.575. The standard InChI is InChI=1S/C11H20N2S/c1-8(2)6-9-7-12-10(14-9)13-11(3)4-5-11/h8-9H,4-7H2,1-3H3,(H,12,13). The summed E-state index contributed by atoms with van der Waals surface area (Å²) in [5.41, 5.74) is 0.387. The average Bonchev–Trinajstić information content (AvgIpc) is 2.61. The third-order valence-corrected chi connectivity index (χ3v) is 3.99. The molecule has 0 saturated heterocycles. The van der Waals surface area contributed by atoms with Crippen molar-refractivity contribution in [3.63, 3.8) is 0 Å². The lowest BCUT2D eigenvalue weighted by Crippen LogP contribution is -2.31. The Morgan fingerprint density at radius 2 is 2.29 bits per heavy atom. The van der Waals surface area contributed by atoms with E-state index in [1.807, 2.05) is 11.8 Å². The Hall–Kier alpha value is -0.180. The molecule has 1 fully saturated rings. The molecule has 3 heteroatoms. The molecule has 1 heterocycles. The monoisotopic (exact) mass is 212 g/mol. The topological polar surface area (TPSA) is 24.4 Å². The summed E-state index contributed by atoms with van der Waals surface area (Å²) < 4.78 is 0. The summed E-state index contributed by atoms with van der Waals surface area (Å²) in [6.45, 7) is 7.87. The van der Waals surface area contributed by atoms with Gasteiger partial charge in [-0.05, 0) is 32.1 Å². The third-order valence-electron chi connectivity index (χ3n) is 2.86. The average molecular weight is 212 g/mol. The molecule has 80 valence electrons. The van der Waals surface area contributed by atoms with Crippen LogP contribution in [0.25, 0.3) is 0 Å². The number of aliphatic imine (C=N–C) groups is 1. The number of nitrogens with zero attached hydrogens (tertiary/aromatic N) is 1. The van der Waals surface area contributed by atoms with Crippen LogP contribution in [-0.4, -0.2) is 22.5 Å². The molecule has 14 heavy (non-hydrogen) atoms. The van der Waals surface area contributed by atoms with Crippen molar-refractivity contribution < 1.29 is 0 Å². The molecule has 1 unspecified atom stereocenters. The van der Waals surface area contributed by atoms with E-state index in [1.165, 1.54) is 24.4 Å². The van der Waals surface area contributed by atoms with Crippen LogP contribution >= 0.6 is 11.8 Å². The minimum atomic E-state index is 0.387. The predicted octanol–water partition coefficient (Wildman–Crippen LogP) is 2.65. The molecular weight excluding hydrogens is 192 g/mol. The summed E-state index contributed by atoms with van der Waals surface area (Å²) in [5.74, 6) is 0.790. The highest BCUT2D eigenvalue weighted by Crippen LogP contribution is 2.36. The highest BCUT2D eigenvalue weighted by Gasteiger charge is 2.39. The molecule has 0 amide bonds. The van der Waals surface area contributed by atoms with E-state index in [0.717, 1.165) is 17.7 Å². The van der Waals surface area contributed by atoms with Gasteiger partial charge in [0.1, 0.15) is 0 Å². The Balaban J connectivity index is 1.76. The minimum absolute atomic E-state index is 0.387. The van der Waals surface area contributed by atoms with Gasteiger partial charge in [0, 0.05) is 10.8 Å². The molecule has 0 aromatic carbocycles. The van der Waals surface area contributed by atoms with Gasteiger partial charge in [-0.25, -0.2) is 0 Å². The van der Waals surface area contributed by atoms with Gasteiger partial charge in [-0.2, -0.15) is 0 Å². The summed E-state index contributed by atoms with van der Waals surface area (Å²) >= 11 is 1.94. The van der Waals surface area contributed by atoms with Crippen molar-refractivity contribution in [2.24, 2.45) is 10.9 Å². The predicted molar refractivity (Wildman–Crippen MR) is 63.9 cm³/mol. The summed E-state index contributed by atoms with van der Waals surface area (Å²) in [6.07, 6.45) is 3.90. The molecule has 1 saturated carbocycles. The normalized spacial score (nSPS) is 29.1. The second kappa shape index (κ2) is 3.76. The highest BCUT2D eigenvalue weighted by molar-refractivity contribution is 8.14. The Kier molecular flexibility index (Phi) is 2.78. The van der Waals surface area contributed by atoms with E-state index in [4.69, 9.17) is 0 Å². The van der Waals surface area contributed by atoms with E-state index < -0.39 is 0 Å². The van der Waals surface area contributed by atoms with Gasteiger partial charge < -0.3 is 5.32 Å². The second-order valence-electron chi connectivity index (χ2n) is 5.20. The van der Waals surface area contributed by atoms with Crippen molar-refractivity contribution in [3.05, 3.63) is 0 Å². The van der Waals surface area contributed by atoms with Gasteiger partial charge in [-0.1, -0.05) is 25.6 Å². The van der Waals surface area contributed by atoms with Crippen LogP contribution in [0, 0.1) is 5.92 Å². The molecule has 2 rings (SSSR count). The number of thioether (sulfide) groups is 1. The molecule has 0 spiro atoms. The van der Waals surface area contributed by atoms with Gasteiger partial charge in [0.15, 0.2) is 5.17 Å². The summed E-state index contributed by atoms with van der Waals surface area (Å²) in [7, 11) is 0. The first-order chi connectivity index (χ1) is 6.57. The van der Waals surface area contributed by atoms with Crippen molar-refractivity contribution in [1.82, 2.24) is 5.32 Å². The highest BCUT2D eigenvalue weighted by atomic mass is 32.2. The fraction of sp³-hybridized carbons (Fsp3) is 0.909. The zero-order chi connectivity index (χ0) is 10.2.